The maximum atomic E-state index is 12.3. The Morgan fingerprint density at radius 1 is 1.55 bits per heavy atom. The first kappa shape index (κ1) is 14.8. The van der Waals surface area contributed by atoms with E-state index in [1.165, 1.54) is 11.2 Å². The highest BCUT2D eigenvalue weighted by atomic mass is 31.2. The van der Waals surface area contributed by atoms with Gasteiger partial charge in [-0.2, -0.15) is 0 Å². The predicted octanol–water partition coefficient (Wildman–Crippen LogP) is 1.13. The summed E-state index contributed by atoms with van der Waals surface area (Å²) in [4.78, 5) is 34.1. The molecule has 1 saturated heterocycles. The minimum absolute atomic E-state index is 0.169. The lowest BCUT2D eigenvalue weighted by Gasteiger charge is -2.24. The molecule has 2 heterocycles. The number of hydrogen-bond donors (Lipinski definition) is 2. The Labute approximate surface area is 115 Å². The average Bonchev–Trinajstić information content (AvgIpc) is 2.98. The third-order valence-electron chi connectivity index (χ3n) is 3.29. The van der Waals surface area contributed by atoms with Crippen LogP contribution in [0.1, 0.15) is 18.6 Å². The predicted molar refractivity (Wildman–Crippen MR) is 69.5 cm³/mol. The smallest absolute Gasteiger partial charge is 0.316 e. The molecule has 1 aliphatic heterocycles. The van der Waals surface area contributed by atoms with Gasteiger partial charge in [0.1, 0.15) is 11.4 Å². The second-order valence-electron chi connectivity index (χ2n) is 4.80. The highest BCUT2D eigenvalue weighted by Crippen LogP contribution is 2.48. The lowest BCUT2D eigenvalue weighted by atomic mass is 10.2. The van der Waals surface area contributed by atoms with Gasteiger partial charge in [0.2, 0.25) is 13.3 Å². The van der Waals surface area contributed by atoms with Crippen molar-refractivity contribution in [1.29, 1.82) is 0 Å². The van der Waals surface area contributed by atoms with Crippen LogP contribution in [0.4, 0.5) is 0 Å². The van der Waals surface area contributed by atoms with Crippen LogP contribution in [0.5, 0.6) is 0 Å². The summed E-state index contributed by atoms with van der Waals surface area (Å²) in [7, 11) is -4.04. The first-order valence-corrected chi connectivity index (χ1v) is 8.16. The Hall–Kier alpha value is -1.59. The normalized spacial score (nSPS) is 19.9. The van der Waals surface area contributed by atoms with Crippen LogP contribution in [0.3, 0.4) is 0 Å². The minimum Gasteiger partial charge on any atom is -0.481 e. The van der Waals surface area contributed by atoms with Gasteiger partial charge < -0.3 is 19.3 Å². The number of carboxylic acid groups (broad SMARTS) is 1. The largest absolute Gasteiger partial charge is 0.481 e. The van der Waals surface area contributed by atoms with Gasteiger partial charge in [-0.15, -0.1) is 0 Å². The van der Waals surface area contributed by atoms with E-state index in [1.54, 1.807) is 12.1 Å². The van der Waals surface area contributed by atoms with Crippen molar-refractivity contribution in [2.45, 2.75) is 24.9 Å². The molecule has 0 saturated carbocycles. The molecule has 0 bridgehead atoms. The maximum Gasteiger partial charge on any atom is 0.316 e. The van der Waals surface area contributed by atoms with Crippen LogP contribution >= 0.6 is 7.37 Å². The fourth-order valence-corrected chi connectivity index (χ4v) is 4.01. The zero-order chi connectivity index (χ0) is 14.8. The van der Waals surface area contributed by atoms with Gasteiger partial charge in [-0.05, 0) is 18.6 Å². The van der Waals surface area contributed by atoms with Crippen molar-refractivity contribution in [3.05, 3.63) is 24.2 Å². The number of likely N-dealkylation sites (tertiary alicyclic amines) is 1. The van der Waals surface area contributed by atoms with Crippen molar-refractivity contribution in [3.63, 3.8) is 0 Å². The molecule has 1 fully saturated rings. The molecule has 20 heavy (non-hydrogen) atoms. The maximum absolute atomic E-state index is 12.3. The summed E-state index contributed by atoms with van der Waals surface area (Å²) in [6.07, 6.45) is 1.77. The summed E-state index contributed by atoms with van der Waals surface area (Å²) >= 11 is 0. The van der Waals surface area contributed by atoms with Crippen molar-refractivity contribution in [2.75, 3.05) is 12.8 Å². The van der Waals surface area contributed by atoms with E-state index >= 15 is 0 Å². The summed E-state index contributed by atoms with van der Waals surface area (Å²) in [5, 5.41) is 9.17. The standard InChI is InChI=1S/C12H16NO6P/c14-11-4-1-5-13(11)8-20(17,18)10(12(15)16)7-9-3-2-6-19-9/h2-3,6,10H,1,4-5,7-8H2,(H,15,16)(H,17,18)/t10-/m1/s1. The van der Waals surface area contributed by atoms with Gasteiger partial charge in [0, 0.05) is 19.4 Å². The molecular formula is C12H16NO6P. The molecule has 0 radical (unpaired) electrons. The lowest BCUT2D eigenvalue weighted by molar-refractivity contribution is -0.137. The molecule has 7 nitrogen and oxygen atoms in total. The van der Waals surface area contributed by atoms with Crippen LogP contribution in [0, 0.1) is 0 Å². The molecular weight excluding hydrogens is 285 g/mol. The van der Waals surface area contributed by atoms with Crippen LogP contribution < -0.4 is 0 Å². The van der Waals surface area contributed by atoms with Gasteiger partial charge in [0.25, 0.3) is 0 Å². The van der Waals surface area contributed by atoms with Crippen molar-refractivity contribution < 1.29 is 28.6 Å². The van der Waals surface area contributed by atoms with E-state index in [2.05, 4.69) is 0 Å². The Bertz CT molecular complexity index is 540. The Balaban J connectivity index is 2.12. The van der Waals surface area contributed by atoms with Crippen molar-refractivity contribution >= 4 is 19.2 Å². The fraction of sp³-hybridized carbons (Fsp3) is 0.500. The number of carboxylic acids is 1. The van der Waals surface area contributed by atoms with Gasteiger partial charge >= 0.3 is 5.97 Å². The topological polar surface area (TPSA) is 108 Å². The first-order chi connectivity index (χ1) is 9.40. The van der Waals surface area contributed by atoms with E-state index < -0.39 is 25.3 Å². The van der Waals surface area contributed by atoms with Gasteiger partial charge in [-0.3, -0.25) is 14.2 Å². The summed E-state index contributed by atoms with van der Waals surface area (Å²) < 4.78 is 17.3. The number of nitrogens with zero attached hydrogens (tertiary/aromatic N) is 1. The second kappa shape index (κ2) is 5.81. The molecule has 0 spiro atoms. The van der Waals surface area contributed by atoms with Crippen LogP contribution in [0.15, 0.2) is 22.8 Å². The van der Waals surface area contributed by atoms with E-state index in [0.29, 0.717) is 25.1 Å². The fourth-order valence-electron chi connectivity index (χ4n) is 2.22. The number of rotatable bonds is 6. The third kappa shape index (κ3) is 3.29. The van der Waals surface area contributed by atoms with Crippen LogP contribution in [-0.2, 0) is 20.6 Å². The first-order valence-electron chi connectivity index (χ1n) is 6.24. The average molecular weight is 301 g/mol. The molecule has 8 heteroatoms. The number of hydrogen-bond acceptors (Lipinski definition) is 4. The van der Waals surface area contributed by atoms with Crippen LogP contribution in [0.25, 0.3) is 0 Å². The summed E-state index contributed by atoms with van der Waals surface area (Å²) in [6.45, 7) is 0.399. The molecule has 110 valence electrons. The monoisotopic (exact) mass is 301 g/mol. The lowest BCUT2D eigenvalue weighted by Crippen LogP contribution is -2.32. The Morgan fingerprint density at radius 2 is 2.30 bits per heavy atom. The van der Waals surface area contributed by atoms with Gasteiger partial charge in [0.15, 0.2) is 0 Å². The zero-order valence-corrected chi connectivity index (χ0v) is 11.7. The number of furan rings is 1. The molecule has 2 N–H and O–H groups in total. The number of amides is 1. The zero-order valence-electron chi connectivity index (χ0n) is 10.8. The molecule has 1 unspecified atom stereocenters. The minimum atomic E-state index is -4.04. The molecule has 1 aliphatic rings. The highest BCUT2D eigenvalue weighted by Gasteiger charge is 2.40. The molecule has 2 atom stereocenters. The highest BCUT2D eigenvalue weighted by molar-refractivity contribution is 7.59. The van der Waals surface area contributed by atoms with E-state index in [1.807, 2.05) is 0 Å². The van der Waals surface area contributed by atoms with Gasteiger partial charge in [0.05, 0.1) is 12.5 Å². The van der Waals surface area contributed by atoms with E-state index in [0.717, 1.165) is 0 Å². The van der Waals surface area contributed by atoms with Crippen LogP contribution in [-0.4, -0.2) is 45.3 Å². The molecule has 0 aliphatic carbocycles. The summed E-state index contributed by atoms with van der Waals surface area (Å²) in [5.41, 5.74) is -1.47. The summed E-state index contributed by atoms with van der Waals surface area (Å²) in [6, 6.07) is 3.14. The number of aliphatic carboxylic acids is 1. The van der Waals surface area contributed by atoms with Crippen LogP contribution in [0.2, 0.25) is 0 Å². The van der Waals surface area contributed by atoms with Gasteiger partial charge in [-0.25, -0.2) is 0 Å². The molecule has 1 aromatic heterocycles. The van der Waals surface area contributed by atoms with E-state index in [-0.39, 0.29) is 12.3 Å². The van der Waals surface area contributed by atoms with E-state index in [4.69, 9.17) is 4.42 Å². The van der Waals surface area contributed by atoms with Crippen molar-refractivity contribution in [1.82, 2.24) is 4.90 Å². The Morgan fingerprint density at radius 3 is 2.80 bits per heavy atom. The second-order valence-corrected chi connectivity index (χ2v) is 7.21. The van der Waals surface area contributed by atoms with Crippen molar-refractivity contribution in [2.24, 2.45) is 0 Å². The number of carbonyl (C=O) groups excluding carboxylic acids is 1. The quantitative estimate of drug-likeness (QED) is 0.762. The SMILES string of the molecule is O=C(O)[C@@H](Cc1ccco1)P(=O)(O)CN1CCCC1=O. The number of carbonyl (C=O) groups is 2. The molecule has 1 amide bonds. The molecule has 0 aromatic carbocycles. The van der Waals surface area contributed by atoms with E-state index in [9.17, 15) is 24.2 Å². The summed E-state index contributed by atoms with van der Waals surface area (Å²) in [5.74, 6) is -1.24. The Kier molecular flexibility index (Phi) is 4.30. The molecule has 1 aromatic rings. The van der Waals surface area contributed by atoms with Crippen molar-refractivity contribution in [3.8, 4) is 0 Å². The third-order valence-corrected chi connectivity index (χ3v) is 5.42. The van der Waals surface area contributed by atoms with Gasteiger partial charge in [-0.1, -0.05) is 0 Å². The molecule has 2 rings (SSSR count).